The zero-order valence-corrected chi connectivity index (χ0v) is 18.7. The predicted molar refractivity (Wildman–Crippen MR) is 118 cm³/mol. The number of nitro benzene ring substituents is 1. The summed E-state index contributed by atoms with van der Waals surface area (Å²) in [6, 6.07) is 8.05. The minimum Gasteiger partial charge on any atom is -0.288 e. The van der Waals surface area contributed by atoms with Crippen LogP contribution in [0.25, 0.3) is 11.3 Å². The van der Waals surface area contributed by atoms with Crippen LogP contribution in [-0.4, -0.2) is 35.9 Å². The van der Waals surface area contributed by atoms with E-state index >= 15 is 0 Å². The van der Waals surface area contributed by atoms with Gasteiger partial charge in [0.25, 0.3) is 15.8 Å². The number of carbonyl (C=O) groups is 1. The minimum atomic E-state index is -4.18. The number of hydrogen-bond donors (Lipinski definition) is 1. The summed E-state index contributed by atoms with van der Waals surface area (Å²) in [5.41, 5.74) is 1.20. The molecule has 0 bridgehead atoms. The van der Waals surface area contributed by atoms with E-state index in [1.807, 2.05) is 0 Å². The Morgan fingerprint density at radius 3 is 2.62 bits per heavy atom. The van der Waals surface area contributed by atoms with Gasteiger partial charge in [-0.25, -0.2) is 0 Å². The summed E-state index contributed by atoms with van der Waals surface area (Å²) in [6.45, 7) is 6.58. The van der Waals surface area contributed by atoms with Gasteiger partial charge in [0.15, 0.2) is 5.78 Å². The molecule has 0 saturated carbocycles. The molecule has 11 heteroatoms. The van der Waals surface area contributed by atoms with Crippen molar-refractivity contribution in [2.45, 2.75) is 18.7 Å². The maximum absolute atomic E-state index is 13.3. The molecule has 1 aromatic heterocycles. The number of ketones is 1. The summed E-state index contributed by atoms with van der Waals surface area (Å²) < 4.78 is 30.4. The summed E-state index contributed by atoms with van der Waals surface area (Å²) >= 11 is 6.14. The van der Waals surface area contributed by atoms with Crippen LogP contribution in [0.15, 0.2) is 53.9 Å². The first kappa shape index (κ1) is 23.3. The first-order valence-corrected chi connectivity index (χ1v) is 11.0. The van der Waals surface area contributed by atoms with Crippen LogP contribution in [-0.2, 0) is 14.3 Å². The molecular weight excluding hydrogens is 458 g/mol. The van der Waals surface area contributed by atoms with E-state index < -0.39 is 20.8 Å². The molecule has 0 unspecified atom stereocenters. The van der Waals surface area contributed by atoms with Crippen LogP contribution in [0, 0.1) is 24.0 Å². The lowest BCUT2D eigenvalue weighted by Gasteiger charge is -2.11. The molecular formula is C21H18ClN3O6S. The monoisotopic (exact) mass is 475 g/mol. The molecule has 166 valence electrons. The van der Waals surface area contributed by atoms with Crippen LogP contribution in [0.5, 0.6) is 0 Å². The average molecular weight is 476 g/mol. The number of nitrogens with one attached hydrogen (secondary N) is 1. The van der Waals surface area contributed by atoms with Gasteiger partial charge < -0.3 is 0 Å². The number of rotatable bonds is 8. The van der Waals surface area contributed by atoms with Gasteiger partial charge in [-0.3, -0.25) is 24.2 Å². The van der Waals surface area contributed by atoms with Crippen molar-refractivity contribution < 1.29 is 22.3 Å². The SMILES string of the molecule is C=CCOS(=O)(=O)c1ccc(C)cc1-c1n[nH]c(C)c1C(=O)c1ccc([N+](=O)[O-])cc1Cl. The van der Waals surface area contributed by atoms with Gasteiger partial charge in [0.05, 0.1) is 22.1 Å². The quantitative estimate of drug-likeness (QED) is 0.168. The standard InChI is InChI=1S/C21H18ClN3O6S/c1-4-9-31-32(29,30)18-8-5-12(2)10-16(18)20-19(13(3)23-24-20)21(26)15-7-6-14(25(27)28)11-17(15)22/h4-8,10-11H,1,9H2,2-3H3,(H,23,24). The summed E-state index contributed by atoms with van der Waals surface area (Å²) in [4.78, 5) is 23.5. The Bertz CT molecular complexity index is 1350. The highest BCUT2D eigenvalue weighted by Gasteiger charge is 2.28. The molecule has 1 heterocycles. The fourth-order valence-corrected chi connectivity index (χ4v) is 4.41. The number of benzene rings is 2. The second-order valence-corrected chi connectivity index (χ2v) is 8.84. The molecule has 1 N–H and O–H groups in total. The van der Waals surface area contributed by atoms with Gasteiger partial charge in [0, 0.05) is 29.0 Å². The van der Waals surface area contributed by atoms with Gasteiger partial charge in [-0.2, -0.15) is 13.5 Å². The number of aromatic nitrogens is 2. The summed E-state index contributed by atoms with van der Waals surface area (Å²) in [5.74, 6) is -0.567. The maximum Gasteiger partial charge on any atom is 0.297 e. The number of aryl methyl sites for hydroxylation is 2. The molecule has 0 fully saturated rings. The lowest BCUT2D eigenvalue weighted by Crippen LogP contribution is -2.10. The third-order valence-corrected chi connectivity index (χ3v) is 6.24. The molecule has 0 radical (unpaired) electrons. The third-order valence-electron chi connectivity index (χ3n) is 4.58. The van der Waals surface area contributed by atoms with Gasteiger partial charge in [0.1, 0.15) is 10.6 Å². The Kier molecular flexibility index (Phi) is 6.58. The van der Waals surface area contributed by atoms with Crippen molar-refractivity contribution in [1.29, 1.82) is 0 Å². The molecule has 0 amide bonds. The van der Waals surface area contributed by atoms with E-state index in [0.717, 1.165) is 11.6 Å². The number of aromatic amines is 1. The van der Waals surface area contributed by atoms with Gasteiger partial charge in [-0.1, -0.05) is 29.3 Å². The highest BCUT2D eigenvalue weighted by Crippen LogP contribution is 2.34. The Labute approximate surface area is 189 Å². The third kappa shape index (κ3) is 4.47. The van der Waals surface area contributed by atoms with Crippen molar-refractivity contribution in [2.75, 3.05) is 6.61 Å². The normalized spacial score (nSPS) is 11.3. The van der Waals surface area contributed by atoms with Crippen molar-refractivity contribution in [3.8, 4) is 11.3 Å². The van der Waals surface area contributed by atoms with Gasteiger partial charge in [0.2, 0.25) is 0 Å². The highest BCUT2D eigenvalue weighted by molar-refractivity contribution is 7.87. The molecule has 0 aliphatic carbocycles. The van der Waals surface area contributed by atoms with E-state index in [4.69, 9.17) is 15.8 Å². The largest absolute Gasteiger partial charge is 0.297 e. The summed E-state index contributed by atoms with van der Waals surface area (Å²) in [5, 5.41) is 17.7. The second-order valence-electron chi connectivity index (χ2n) is 6.85. The molecule has 3 aromatic rings. The van der Waals surface area contributed by atoms with E-state index in [1.165, 1.54) is 24.3 Å². The second kappa shape index (κ2) is 9.03. The Morgan fingerprint density at radius 1 is 1.28 bits per heavy atom. The Morgan fingerprint density at radius 2 is 2.00 bits per heavy atom. The van der Waals surface area contributed by atoms with Crippen molar-refractivity contribution in [3.05, 3.63) is 86.6 Å². The first-order valence-electron chi connectivity index (χ1n) is 9.21. The minimum absolute atomic E-state index is 0.0167. The molecule has 0 aliphatic rings. The molecule has 32 heavy (non-hydrogen) atoms. The van der Waals surface area contributed by atoms with Crippen LogP contribution in [0.3, 0.4) is 0 Å². The molecule has 2 aromatic carbocycles. The van der Waals surface area contributed by atoms with Gasteiger partial charge >= 0.3 is 0 Å². The van der Waals surface area contributed by atoms with Crippen LogP contribution < -0.4 is 0 Å². The van der Waals surface area contributed by atoms with Crippen molar-refractivity contribution in [2.24, 2.45) is 0 Å². The van der Waals surface area contributed by atoms with Gasteiger partial charge in [-0.05, 0) is 32.0 Å². The van der Waals surface area contributed by atoms with Crippen LogP contribution >= 0.6 is 11.6 Å². The van der Waals surface area contributed by atoms with Crippen LogP contribution in [0.1, 0.15) is 27.2 Å². The van der Waals surface area contributed by atoms with E-state index in [2.05, 4.69) is 16.8 Å². The lowest BCUT2D eigenvalue weighted by atomic mass is 9.97. The maximum atomic E-state index is 13.3. The van der Waals surface area contributed by atoms with E-state index in [1.54, 1.807) is 26.0 Å². The van der Waals surface area contributed by atoms with E-state index in [9.17, 15) is 23.3 Å². The highest BCUT2D eigenvalue weighted by atomic mass is 35.5. The fraction of sp³-hybridized carbons (Fsp3) is 0.143. The topological polar surface area (TPSA) is 132 Å². The Balaban J connectivity index is 2.19. The number of H-pyrrole nitrogens is 1. The number of nitrogens with zero attached hydrogens (tertiary/aromatic N) is 2. The predicted octanol–water partition coefficient (Wildman–Crippen LogP) is 4.38. The summed E-state index contributed by atoms with van der Waals surface area (Å²) in [6.07, 6.45) is 1.30. The zero-order chi connectivity index (χ0) is 23.6. The molecule has 3 rings (SSSR count). The van der Waals surface area contributed by atoms with Crippen LogP contribution in [0.4, 0.5) is 5.69 Å². The Hall–Kier alpha value is -3.34. The molecule has 9 nitrogen and oxygen atoms in total. The molecule has 0 aliphatic heterocycles. The average Bonchev–Trinajstić information content (AvgIpc) is 3.12. The number of carbonyl (C=O) groups excluding carboxylic acids is 1. The van der Waals surface area contributed by atoms with E-state index in [0.29, 0.717) is 5.69 Å². The van der Waals surface area contributed by atoms with Crippen molar-refractivity contribution >= 4 is 33.2 Å². The smallest absolute Gasteiger partial charge is 0.288 e. The number of hydrogen-bond acceptors (Lipinski definition) is 7. The van der Waals surface area contributed by atoms with Crippen molar-refractivity contribution in [3.63, 3.8) is 0 Å². The zero-order valence-electron chi connectivity index (χ0n) is 17.1. The van der Waals surface area contributed by atoms with Crippen molar-refractivity contribution in [1.82, 2.24) is 10.2 Å². The van der Waals surface area contributed by atoms with E-state index in [-0.39, 0.29) is 44.6 Å². The fourth-order valence-electron chi connectivity index (χ4n) is 3.09. The number of halogens is 1. The molecule has 0 saturated heterocycles. The summed E-state index contributed by atoms with van der Waals surface area (Å²) in [7, 11) is -4.18. The van der Waals surface area contributed by atoms with Crippen LogP contribution in [0.2, 0.25) is 5.02 Å². The number of nitro groups is 1. The lowest BCUT2D eigenvalue weighted by molar-refractivity contribution is -0.384. The molecule has 0 spiro atoms. The number of non-ortho nitro benzene ring substituents is 1. The first-order chi connectivity index (χ1) is 15.1. The molecule has 0 atom stereocenters. The van der Waals surface area contributed by atoms with Gasteiger partial charge in [-0.15, -0.1) is 6.58 Å².